The molecule has 0 bridgehead atoms. The zero-order valence-electron chi connectivity index (χ0n) is 8.46. The molecular weight excluding hydrogens is 315 g/mol. The van der Waals surface area contributed by atoms with Crippen molar-refractivity contribution in [2.45, 2.75) is 19.3 Å². The van der Waals surface area contributed by atoms with E-state index in [-0.39, 0.29) is 0 Å². The lowest BCUT2D eigenvalue weighted by atomic mass is 9.95. The van der Waals surface area contributed by atoms with Crippen molar-refractivity contribution in [1.82, 2.24) is 0 Å². The first kappa shape index (κ1) is 9.85. The van der Waals surface area contributed by atoms with E-state index < -0.39 is 0 Å². The molecular formula is C13H11IS. The second-order valence-electron chi connectivity index (χ2n) is 4.07. The van der Waals surface area contributed by atoms with Gasteiger partial charge in [-0.1, -0.05) is 25.1 Å². The number of fused-ring (bicyclic) bond motifs is 3. The second kappa shape index (κ2) is 3.59. The molecule has 2 heteroatoms. The largest absolute Gasteiger partial charge is 0.139 e. The smallest absolute Gasteiger partial charge is 0.0352 e. The van der Waals surface area contributed by atoms with E-state index in [2.05, 4.69) is 59.9 Å². The molecule has 76 valence electrons. The monoisotopic (exact) mass is 326 g/mol. The van der Waals surface area contributed by atoms with E-state index >= 15 is 0 Å². The van der Waals surface area contributed by atoms with E-state index in [1.54, 1.807) is 4.88 Å². The molecule has 0 unspecified atom stereocenters. The van der Waals surface area contributed by atoms with Crippen LogP contribution in [0.15, 0.2) is 27.8 Å². The Morgan fingerprint density at radius 2 is 2.13 bits per heavy atom. The Hall–Kier alpha value is -0.350. The standard InChI is InChI=1S/C13H11IS/c1-8-6-9(14)7-11-10-4-2-3-5-12(10)15-13(8)11/h2-5,7-8H,6H2,1H3/t8-/m1/s1. The molecule has 0 nitrogen and oxygen atoms in total. The molecule has 0 saturated carbocycles. The van der Waals surface area contributed by atoms with Gasteiger partial charge in [-0.2, -0.15) is 0 Å². The zero-order valence-corrected chi connectivity index (χ0v) is 11.4. The summed E-state index contributed by atoms with van der Waals surface area (Å²) in [6.07, 6.45) is 3.56. The molecule has 0 N–H and O–H groups in total. The highest BCUT2D eigenvalue weighted by Crippen LogP contribution is 2.44. The summed E-state index contributed by atoms with van der Waals surface area (Å²) < 4.78 is 2.91. The molecule has 0 radical (unpaired) electrons. The molecule has 1 heterocycles. The molecule has 1 aromatic carbocycles. The van der Waals surface area contributed by atoms with Gasteiger partial charge in [-0.05, 0) is 61.6 Å². The van der Waals surface area contributed by atoms with Crippen LogP contribution in [0.5, 0.6) is 0 Å². The van der Waals surface area contributed by atoms with Gasteiger partial charge in [0.05, 0.1) is 0 Å². The SMILES string of the molecule is C[C@@H]1CC(I)=Cc2c1sc1ccccc21. The molecule has 0 spiro atoms. The highest BCUT2D eigenvalue weighted by molar-refractivity contribution is 14.1. The topological polar surface area (TPSA) is 0 Å². The van der Waals surface area contributed by atoms with Gasteiger partial charge in [0.25, 0.3) is 0 Å². The summed E-state index contributed by atoms with van der Waals surface area (Å²) in [6.45, 7) is 2.33. The molecule has 1 aliphatic rings. The predicted molar refractivity (Wildman–Crippen MR) is 76.9 cm³/mol. The van der Waals surface area contributed by atoms with Gasteiger partial charge < -0.3 is 0 Å². The van der Waals surface area contributed by atoms with Crippen LogP contribution in [0.2, 0.25) is 0 Å². The number of benzene rings is 1. The van der Waals surface area contributed by atoms with Gasteiger partial charge in [0.15, 0.2) is 0 Å². The molecule has 1 atom stereocenters. The molecule has 2 aromatic rings. The summed E-state index contributed by atoms with van der Waals surface area (Å²) >= 11 is 4.43. The minimum atomic E-state index is 0.689. The van der Waals surface area contributed by atoms with Gasteiger partial charge >= 0.3 is 0 Å². The van der Waals surface area contributed by atoms with Crippen LogP contribution < -0.4 is 0 Å². The summed E-state index contributed by atoms with van der Waals surface area (Å²) in [5.74, 6) is 0.689. The van der Waals surface area contributed by atoms with Crippen LogP contribution >= 0.6 is 33.9 Å². The second-order valence-corrected chi connectivity index (χ2v) is 6.54. The van der Waals surface area contributed by atoms with Crippen LogP contribution in [0.1, 0.15) is 29.7 Å². The van der Waals surface area contributed by atoms with Crippen LogP contribution in [0, 0.1) is 0 Å². The van der Waals surface area contributed by atoms with Crippen molar-refractivity contribution >= 4 is 50.1 Å². The lowest BCUT2D eigenvalue weighted by Crippen LogP contribution is -1.97. The van der Waals surface area contributed by atoms with Crippen molar-refractivity contribution in [3.8, 4) is 0 Å². The molecule has 0 fully saturated rings. The van der Waals surface area contributed by atoms with Gasteiger partial charge in [0, 0.05) is 9.58 Å². The Kier molecular flexibility index (Phi) is 2.36. The Bertz CT molecular complexity index is 551. The number of hydrogen-bond donors (Lipinski definition) is 0. The molecule has 15 heavy (non-hydrogen) atoms. The Morgan fingerprint density at radius 3 is 3.00 bits per heavy atom. The zero-order chi connectivity index (χ0) is 10.4. The van der Waals surface area contributed by atoms with E-state index in [1.807, 2.05) is 11.3 Å². The number of hydrogen-bond acceptors (Lipinski definition) is 1. The van der Waals surface area contributed by atoms with Crippen molar-refractivity contribution < 1.29 is 0 Å². The maximum atomic E-state index is 2.46. The fourth-order valence-corrected chi connectivity index (χ4v) is 4.41. The van der Waals surface area contributed by atoms with Crippen LogP contribution in [-0.2, 0) is 0 Å². The highest BCUT2D eigenvalue weighted by Gasteiger charge is 2.20. The first-order chi connectivity index (χ1) is 7.25. The van der Waals surface area contributed by atoms with Gasteiger partial charge in [-0.25, -0.2) is 0 Å². The third-order valence-electron chi connectivity index (χ3n) is 2.91. The summed E-state index contributed by atoms with van der Waals surface area (Å²) in [5, 5.41) is 1.43. The molecule has 1 aromatic heterocycles. The number of rotatable bonds is 0. The van der Waals surface area contributed by atoms with E-state index in [0.717, 1.165) is 0 Å². The fraction of sp³-hybridized carbons (Fsp3) is 0.231. The third-order valence-corrected chi connectivity index (χ3v) is 5.08. The van der Waals surface area contributed by atoms with Crippen molar-refractivity contribution in [3.05, 3.63) is 38.3 Å². The molecule has 0 aliphatic heterocycles. The van der Waals surface area contributed by atoms with Crippen LogP contribution in [0.3, 0.4) is 0 Å². The number of halogens is 1. The molecule has 3 rings (SSSR count). The van der Waals surface area contributed by atoms with Crippen molar-refractivity contribution in [2.24, 2.45) is 0 Å². The minimum Gasteiger partial charge on any atom is -0.139 e. The average molecular weight is 326 g/mol. The predicted octanol–water partition coefficient (Wildman–Crippen LogP) is 5.18. The van der Waals surface area contributed by atoms with Gasteiger partial charge in [0.2, 0.25) is 0 Å². The van der Waals surface area contributed by atoms with E-state index in [9.17, 15) is 0 Å². The summed E-state index contributed by atoms with van der Waals surface area (Å²) in [5.41, 5.74) is 1.47. The Labute approximate surface area is 107 Å². The van der Waals surface area contributed by atoms with Crippen molar-refractivity contribution in [3.63, 3.8) is 0 Å². The Morgan fingerprint density at radius 1 is 1.33 bits per heavy atom. The lowest BCUT2D eigenvalue weighted by Gasteiger charge is -2.16. The maximum absolute atomic E-state index is 2.46. The fourth-order valence-electron chi connectivity index (χ4n) is 2.20. The van der Waals surface area contributed by atoms with Crippen LogP contribution in [0.25, 0.3) is 16.2 Å². The van der Waals surface area contributed by atoms with Gasteiger partial charge in [0.1, 0.15) is 0 Å². The van der Waals surface area contributed by atoms with E-state index in [1.165, 1.54) is 25.7 Å². The highest BCUT2D eigenvalue weighted by atomic mass is 127. The van der Waals surface area contributed by atoms with E-state index in [0.29, 0.717) is 5.92 Å². The lowest BCUT2D eigenvalue weighted by molar-refractivity contribution is 0.787. The summed E-state index contributed by atoms with van der Waals surface area (Å²) in [4.78, 5) is 1.57. The van der Waals surface area contributed by atoms with Gasteiger partial charge in [-0.15, -0.1) is 11.3 Å². The molecule has 1 aliphatic carbocycles. The summed E-state index contributed by atoms with van der Waals surface area (Å²) in [7, 11) is 0. The average Bonchev–Trinajstić information content (AvgIpc) is 2.57. The first-order valence-corrected chi connectivity index (χ1v) is 7.03. The van der Waals surface area contributed by atoms with Crippen LogP contribution in [0.4, 0.5) is 0 Å². The first-order valence-electron chi connectivity index (χ1n) is 5.13. The number of allylic oxidation sites excluding steroid dienone is 1. The maximum Gasteiger partial charge on any atom is 0.0352 e. The Balaban J connectivity index is 2.37. The molecule has 0 saturated heterocycles. The van der Waals surface area contributed by atoms with Crippen molar-refractivity contribution in [2.75, 3.05) is 0 Å². The normalized spacial score (nSPS) is 20.1. The third kappa shape index (κ3) is 1.54. The van der Waals surface area contributed by atoms with E-state index in [4.69, 9.17) is 0 Å². The summed E-state index contributed by atoms with van der Waals surface area (Å²) in [6, 6.07) is 8.73. The van der Waals surface area contributed by atoms with Crippen LogP contribution in [-0.4, -0.2) is 0 Å². The quantitative estimate of drug-likeness (QED) is 0.585. The number of thiophene rings is 1. The van der Waals surface area contributed by atoms with Crippen molar-refractivity contribution in [1.29, 1.82) is 0 Å². The molecule has 0 amide bonds. The minimum absolute atomic E-state index is 0.689. The van der Waals surface area contributed by atoms with Gasteiger partial charge in [-0.3, -0.25) is 0 Å².